The van der Waals surface area contributed by atoms with Gasteiger partial charge in [-0.3, -0.25) is 28.8 Å². The molecule has 6 N–H and O–H groups in total. The molecular weight excluding hydrogens is 1410 g/mol. The first-order chi connectivity index (χ1) is 52.7. The lowest BCUT2D eigenvalue weighted by molar-refractivity contribution is -0.144. The van der Waals surface area contributed by atoms with E-state index in [1.807, 2.05) is 165 Å². The maximum Gasteiger partial charge on any atom is 0.316 e. The highest BCUT2D eigenvalue weighted by Gasteiger charge is 2.31. The Balaban J connectivity index is 0.000000185. The first kappa shape index (κ1) is 86.1. The van der Waals surface area contributed by atoms with E-state index in [-0.39, 0.29) is 88.1 Å². The number of phenolic OH excluding ortho intramolecular Hbond substituents is 6. The molecule has 18 nitrogen and oxygen atoms in total. The van der Waals surface area contributed by atoms with Crippen molar-refractivity contribution in [3.63, 3.8) is 0 Å². The molecule has 12 rings (SSSR count). The van der Waals surface area contributed by atoms with Crippen LogP contribution in [0.4, 0.5) is 0 Å². The second-order valence-corrected chi connectivity index (χ2v) is 29.0. The molecule has 0 spiro atoms. The fraction of sp³-hybridized carbons (Fsp3) is 0.290. The molecular formula is C93H102O18. The second kappa shape index (κ2) is 39.3. The van der Waals surface area contributed by atoms with Crippen molar-refractivity contribution >= 4 is 100 Å². The van der Waals surface area contributed by atoms with Gasteiger partial charge >= 0.3 is 35.8 Å². The van der Waals surface area contributed by atoms with Crippen LogP contribution in [-0.4, -0.2) is 66.5 Å². The molecule has 0 heterocycles. The van der Waals surface area contributed by atoms with E-state index in [1.165, 1.54) is 0 Å². The summed E-state index contributed by atoms with van der Waals surface area (Å²) < 4.78 is 32.5. The summed E-state index contributed by atoms with van der Waals surface area (Å²) in [5.41, 5.74) is -1.51. The van der Waals surface area contributed by atoms with Crippen LogP contribution in [-0.2, 0) is 28.8 Å². The summed E-state index contributed by atoms with van der Waals surface area (Å²) in [7, 11) is 0. The van der Waals surface area contributed by atoms with Crippen molar-refractivity contribution in [1.29, 1.82) is 0 Å². The normalized spacial score (nSPS) is 11.9. The van der Waals surface area contributed by atoms with Crippen LogP contribution < -0.4 is 28.4 Å². The molecule has 0 aliphatic heterocycles. The Hall–Kier alpha value is -12.2. The molecule has 111 heavy (non-hydrogen) atoms. The highest BCUT2D eigenvalue weighted by molar-refractivity contribution is 5.98. The lowest BCUT2D eigenvalue weighted by Crippen LogP contribution is -2.28. The average Bonchev–Trinajstić information content (AvgIpc) is 0.818. The molecule has 0 bridgehead atoms. The number of ether oxygens (including phenoxy) is 6. The van der Waals surface area contributed by atoms with Gasteiger partial charge in [-0.1, -0.05) is 184 Å². The molecule has 0 aliphatic rings. The van der Waals surface area contributed by atoms with E-state index in [4.69, 9.17) is 28.4 Å². The zero-order chi connectivity index (χ0) is 81.5. The topological polar surface area (TPSA) is 279 Å². The minimum absolute atomic E-state index is 0.0967. The third kappa shape index (κ3) is 23.2. The maximum absolute atomic E-state index is 12.1. The first-order valence-corrected chi connectivity index (χ1v) is 37.3. The van der Waals surface area contributed by atoms with Crippen LogP contribution in [0.15, 0.2) is 218 Å². The van der Waals surface area contributed by atoms with Gasteiger partial charge in [0.05, 0.1) is 34.0 Å². The van der Waals surface area contributed by atoms with E-state index in [2.05, 4.69) is 0 Å². The van der Waals surface area contributed by atoms with Crippen molar-refractivity contribution in [2.75, 3.05) is 0 Å². The maximum atomic E-state index is 12.1. The molecule has 0 saturated heterocycles. The van der Waals surface area contributed by atoms with E-state index in [0.717, 1.165) is 68.8 Å². The van der Waals surface area contributed by atoms with Crippen LogP contribution in [0.3, 0.4) is 0 Å². The number of rotatable bonds is 18. The third-order valence-electron chi connectivity index (χ3n) is 19.6. The predicted molar refractivity (Wildman–Crippen MR) is 438 cm³/mol. The van der Waals surface area contributed by atoms with Crippen molar-refractivity contribution in [3.05, 3.63) is 218 Å². The molecule has 0 aliphatic carbocycles. The number of hydrogen-bond donors (Lipinski definition) is 6. The van der Waals surface area contributed by atoms with Gasteiger partial charge in [0.2, 0.25) is 0 Å². The van der Waals surface area contributed by atoms with Gasteiger partial charge in [-0.25, -0.2) is 0 Å². The summed E-state index contributed by atoms with van der Waals surface area (Å²) >= 11 is 0. The first-order valence-electron chi connectivity index (χ1n) is 37.3. The fourth-order valence-corrected chi connectivity index (χ4v) is 10.2. The van der Waals surface area contributed by atoms with Gasteiger partial charge in [-0.05, 0) is 199 Å². The lowest BCUT2D eigenvalue weighted by atomic mass is 9.90. The fourth-order valence-electron chi connectivity index (χ4n) is 10.2. The summed E-state index contributed by atoms with van der Waals surface area (Å²) in [5, 5.41) is 67.2. The lowest BCUT2D eigenvalue weighted by Gasteiger charge is -2.20. The van der Waals surface area contributed by atoms with E-state index < -0.39 is 16.2 Å². The van der Waals surface area contributed by atoms with Crippen molar-refractivity contribution in [2.24, 2.45) is 34.0 Å². The highest BCUT2D eigenvalue weighted by Crippen LogP contribution is 2.38. The Kier molecular flexibility index (Phi) is 30.4. The zero-order valence-corrected chi connectivity index (χ0v) is 65.8. The van der Waals surface area contributed by atoms with Gasteiger partial charge in [0.15, 0.2) is 0 Å². The molecule has 582 valence electrons. The summed E-state index contributed by atoms with van der Waals surface area (Å²) in [4.78, 5) is 71.5. The molecule has 0 aromatic heterocycles. The summed E-state index contributed by atoms with van der Waals surface area (Å²) in [5.74, 6) is 2.44. The monoisotopic (exact) mass is 1510 g/mol. The number of benzene rings is 12. The molecule has 3 unspecified atom stereocenters. The van der Waals surface area contributed by atoms with E-state index in [0.29, 0.717) is 68.9 Å². The molecule has 3 atom stereocenters. The molecule has 18 heteroatoms. The summed E-state index contributed by atoms with van der Waals surface area (Å²) in [6.45, 7) is 28.4. The molecule has 0 radical (unpaired) electrons. The van der Waals surface area contributed by atoms with Crippen molar-refractivity contribution in [1.82, 2.24) is 0 Å². The standard InChI is InChI=1S/3C16H18O3.3C15H16O3/c1-4-16(2,3)15(18)19-14-10-6-7-11-12(14)8-5-9-13(11)17;1-4-16(2,3)15(18)19-14-8-6-11-9-13(17)7-5-12(11)10-14;1-4-16(2,3)15(18)19-14-10-9-13(17)11-7-5-6-8-12(11)14;1-3-10(2)15(17)18-14-9-5-6-11-12(14)7-4-8-13(11)16;1-3-10(2)15(17)18-14-7-5-11-8-13(16)6-4-12(11)9-14;1-3-10(2)15(17)18-14-9-8-13(16)11-6-4-5-7-12(11)14/h3*5-10,17H,4H2,1-3H3;3*4-10,16H,3H2,1-2H3. The Bertz CT molecular complexity index is 5120. The Morgan fingerprint density at radius 1 is 0.279 bits per heavy atom. The van der Waals surface area contributed by atoms with Crippen LogP contribution in [0, 0.1) is 34.0 Å². The molecule has 0 amide bonds. The highest BCUT2D eigenvalue weighted by atomic mass is 16.6. The van der Waals surface area contributed by atoms with E-state index in [1.54, 1.807) is 158 Å². The number of aromatic hydroxyl groups is 6. The van der Waals surface area contributed by atoms with Crippen LogP contribution in [0.25, 0.3) is 64.6 Å². The van der Waals surface area contributed by atoms with Crippen molar-refractivity contribution in [2.45, 2.75) is 142 Å². The number of carbonyl (C=O) groups excluding carboxylic acids is 6. The molecule has 12 aromatic carbocycles. The Morgan fingerprint density at radius 2 is 0.541 bits per heavy atom. The number of fused-ring (bicyclic) bond motifs is 6. The van der Waals surface area contributed by atoms with Crippen LogP contribution in [0.2, 0.25) is 0 Å². The van der Waals surface area contributed by atoms with Gasteiger partial charge in [0.25, 0.3) is 0 Å². The smallest absolute Gasteiger partial charge is 0.316 e. The molecule has 12 aromatic rings. The van der Waals surface area contributed by atoms with Gasteiger partial charge < -0.3 is 59.1 Å². The summed E-state index contributed by atoms with van der Waals surface area (Å²) in [6.07, 6.45) is 4.40. The second-order valence-electron chi connectivity index (χ2n) is 29.0. The quantitative estimate of drug-likeness (QED) is 0.0344. The molecule has 0 saturated carbocycles. The van der Waals surface area contributed by atoms with E-state index in [9.17, 15) is 59.4 Å². The van der Waals surface area contributed by atoms with Crippen LogP contribution in [0.5, 0.6) is 69.0 Å². The minimum atomic E-state index is -0.515. The van der Waals surface area contributed by atoms with Crippen molar-refractivity contribution < 1.29 is 87.8 Å². The molecule has 0 fully saturated rings. The van der Waals surface area contributed by atoms with Gasteiger partial charge in [-0.15, -0.1) is 0 Å². The number of hydrogen-bond acceptors (Lipinski definition) is 18. The Morgan fingerprint density at radius 3 is 0.901 bits per heavy atom. The van der Waals surface area contributed by atoms with Crippen LogP contribution in [0.1, 0.15) is 142 Å². The van der Waals surface area contributed by atoms with Crippen LogP contribution >= 0.6 is 0 Å². The van der Waals surface area contributed by atoms with E-state index >= 15 is 0 Å². The zero-order valence-electron chi connectivity index (χ0n) is 65.8. The number of carbonyl (C=O) groups is 6. The SMILES string of the molecule is CCC(C)(C)C(=O)Oc1ccc(O)c2ccccc12.CCC(C)(C)C(=O)Oc1ccc2cc(O)ccc2c1.CCC(C)(C)C(=O)Oc1cccc2c(O)cccc12.CCC(C)C(=O)Oc1ccc(O)c2ccccc12.CCC(C)C(=O)Oc1ccc2cc(O)ccc2c1.CCC(C)C(=O)Oc1cccc2c(O)cccc12. The number of esters is 6. The van der Waals surface area contributed by atoms with Gasteiger partial charge in [0.1, 0.15) is 69.0 Å². The summed E-state index contributed by atoms with van der Waals surface area (Å²) in [6, 6.07) is 62.8. The van der Waals surface area contributed by atoms with Gasteiger partial charge in [-0.2, -0.15) is 0 Å². The number of phenols is 6. The average molecular weight is 1510 g/mol. The predicted octanol–water partition coefficient (Wildman–Crippen LogP) is 22.2. The third-order valence-corrected chi connectivity index (χ3v) is 19.6. The largest absolute Gasteiger partial charge is 0.508 e. The minimum Gasteiger partial charge on any atom is -0.508 e. The van der Waals surface area contributed by atoms with Crippen molar-refractivity contribution in [3.8, 4) is 69.0 Å². The Labute approximate surface area is 648 Å². The van der Waals surface area contributed by atoms with Gasteiger partial charge in [0, 0.05) is 43.1 Å².